The lowest BCUT2D eigenvalue weighted by Gasteiger charge is -2.38. The number of methoxy groups -OCH3 is 1. The number of alkyl halides is 3. The standard InChI is InChI=1S/C31H42F3N5O3/c1-19(20(2)39-12-8-21-6-7-24(31(32,33)34)16-23(21)17-39)28(37-29(35)22-4-5-22)30(40)38-13-9-25(10-14-38)36-26-11-15-42-18-27(26)41-3/h6-7,16,22,25-27,36H,2,4-5,8-15,17-18H2,1,3H3,(H2,35,37)/b28-19-/t26-,27+/m0/s1. The molecule has 3 aliphatic heterocycles. The molecule has 2 atom stereocenters. The second-order valence-corrected chi connectivity index (χ2v) is 11.9. The highest BCUT2D eigenvalue weighted by Gasteiger charge is 2.34. The van der Waals surface area contributed by atoms with E-state index in [1.54, 1.807) is 13.2 Å². The number of aliphatic imine (C=N–C) groups is 1. The fourth-order valence-electron chi connectivity index (χ4n) is 6.07. The van der Waals surface area contributed by atoms with Crippen molar-refractivity contribution >= 4 is 11.7 Å². The number of benzene rings is 1. The summed E-state index contributed by atoms with van der Waals surface area (Å²) in [5.74, 6) is 0.443. The molecule has 1 saturated carbocycles. The maximum Gasteiger partial charge on any atom is 0.416 e. The molecule has 3 heterocycles. The molecule has 230 valence electrons. The summed E-state index contributed by atoms with van der Waals surface area (Å²) in [7, 11) is 1.70. The third kappa shape index (κ3) is 7.01. The summed E-state index contributed by atoms with van der Waals surface area (Å²) in [6, 6.07) is 4.41. The molecule has 11 heteroatoms. The minimum atomic E-state index is -4.40. The molecular formula is C31H42F3N5O3. The predicted octanol–water partition coefficient (Wildman–Crippen LogP) is 4.00. The van der Waals surface area contributed by atoms with Gasteiger partial charge in [0.25, 0.3) is 5.91 Å². The molecule has 1 aromatic carbocycles. The molecule has 2 saturated heterocycles. The summed E-state index contributed by atoms with van der Waals surface area (Å²) in [5, 5.41) is 3.71. The van der Waals surface area contributed by atoms with Gasteiger partial charge in [-0.15, -0.1) is 0 Å². The van der Waals surface area contributed by atoms with Gasteiger partial charge in [-0.3, -0.25) is 4.79 Å². The van der Waals surface area contributed by atoms with Crippen molar-refractivity contribution in [3.8, 4) is 0 Å². The zero-order valence-electron chi connectivity index (χ0n) is 24.5. The monoisotopic (exact) mass is 589 g/mol. The summed E-state index contributed by atoms with van der Waals surface area (Å²) in [6.07, 6.45) is 0.604. The summed E-state index contributed by atoms with van der Waals surface area (Å²) in [4.78, 5) is 22.3. The van der Waals surface area contributed by atoms with Crippen molar-refractivity contribution < 1.29 is 27.4 Å². The Morgan fingerprint density at radius 1 is 1.12 bits per heavy atom. The highest BCUT2D eigenvalue weighted by Crippen LogP contribution is 2.34. The smallest absolute Gasteiger partial charge is 0.387 e. The van der Waals surface area contributed by atoms with Crippen molar-refractivity contribution in [2.24, 2.45) is 16.6 Å². The maximum atomic E-state index is 13.9. The van der Waals surface area contributed by atoms with Crippen molar-refractivity contribution in [3.63, 3.8) is 0 Å². The second-order valence-electron chi connectivity index (χ2n) is 11.9. The van der Waals surface area contributed by atoms with Gasteiger partial charge in [-0.25, -0.2) is 4.99 Å². The van der Waals surface area contributed by atoms with Crippen LogP contribution in [0.5, 0.6) is 0 Å². The Balaban J connectivity index is 1.30. The zero-order valence-corrected chi connectivity index (χ0v) is 24.5. The number of halogens is 3. The third-order valence-corrected chi connectivity index (χ3v) is 8.99. The number of hydrogen-bond acceptors (Lipinski definition) is 6. The first-order valence-electron chi connectivity index (χ1n) is 14.9. The lowest BCUT2D eigenvalue weighted by molar-refractivity contribution is -0.137. The molecule has 42 heavy (non-hydrogen) atoms. The average molecular weight is 590 g/mol. The van der Waals surface area contributed by atoms with Crippen molar-refractivity contribution in [3.05, 3.63) is 58.4 Å². The lowest BCUT2D eigenvalue weighted by atomic mass is 9.96. The number of ether oxygens (including phenoxy) is 2. The first-order chi connectivity index (χ1) is 20.0. The quantitative estimate of drug-likeness (QED) is 0.206. The number of allylic oxidation sites excluding steroid dienone is 1. The van der Waals surface area contributed by atoms with Gasteiger partial charge in [-0.1, -0.05) is 12.6 Å². The Morgan fingerprint density at radius 3 is 2.52 bits per heavy atom. The number of amidine groups is 1. The molecule has 0 spiro atoms. The lowest BCUT2D eigenvalue weighted by Crippen LogP contribution is -2.54. The third-order valence-electron chi connectivity index (χ3n) is 8.99. The van der Waals surface area contributed by atoms with Crippen molar-refractivity contribution in [2.45, 2.75) is 76.4 Å². The van der Waals surface area contributed by atoms with Crippen LogP contribution in [0.2, 0.25) is 0 Å². The van der Waals surface area contributed by atoms with Crippen LogP contribution in [0.25, 0.3) is 0 Å². The molecule has 1 aromatic rings. The molecule has 5 rings (SSSR count). The number of hydrogen-bond donors (Lipinski definition) is 2. The Bertz CT molecular complexity index is 1230. The van der Waals surface area contributed by atoms with Gasteiger partial charge < -0.3 is 30.3 Å². The summed E-state index contributed by atoms with van der Waals surface area (Å²) >= 11 is 0. The van der Waals surface area contributed by atoms with Crippen molar-refractivity contribution in [2.75, 3.05) is 40.0 Å². The van der Waals surface area contributed by atoms with E-state index in [0.29, 0.717) is 61.9 Å². The second kappa shape index (κ2) is 12.8. The molecule has 4 aliphatic rings. The molecule has 0 radical (unpaired) electrons. The number of likely N-dealkylation sites (tertiary alicyclic amines) is 1. The zero-order chi connectivity index (χ0) is 30.0. The van der Waals surface area contributed by atoms with Gasteiger partial charge in [0.05, 0.1) is 18.3 Å². The van der Waals surface area contributed by atoms with Crippen LogP contribution in [0.4, 0.5) is 13.2 Å². The first kappa shape index (κ1) is 30.6. The molecule has 8 nitrogen and oxygen atoms in total. The Hall–Kier alpha value is -2.89. The van der Waals surface area contributed by atoms with E-state index in [1.165, 1.54) is 6.07 Å². The van der Waals surface area contributed by atoms with E-state index >= 15 is 0 Å². The van der Waals surface area contributed by atoms with E-state index < -0.39 is 11.7 Å². The first-order valence-corrected chi connectivity index (χ1v) is 14.9. The van der Waals surface area contributed by atoms with Crippen molar-refractivity contribution in [1.82, 2.24) is 15.1 Å². The predicted molar refractivity (Wildman–Crippen MR) is 155 cm³/mol. The Morgan fingerprint density at radius 2 is 1.86 bits per heavy atom. The number of nitrogens with zero attached hydrogens (tertiary/aromatic N) is 3. The van der Waals surface area contributed by atoms with Gasteiger partial charge >= 0.3 is 6.18 Å². The molecule has 1 amide bonds. The summed E-state index contributed by atoms with van der Waals surface area (Å²) in [6.45, 7) is 9.39. The minimum Gasteiger partial charge on any atom is -0.387 e. The van der Waals surface area contributed by atoms with Gasteiger partial charge in [-0.2, -0.15) is 13.2 Å². The number of carbonyl (C=O) groups excluding carboxylic acids is 1. The van der Waals surface area contributed by atoms with E-state index in [-0.39, 0.29) is 42.3 Å². The summed E-state index contributed by atoms with van der Waals surface area (Å²) in [5.41, 5.74) is 8.61. The molecular weight excluding hydrogens is 547 g/mol. The average Bonchev–Trinajstić information content (AvgIpc) is 3.84. The van der Waals surface area contributed by atoms with Crippen LogP contribution >= 0.6 is 0 Å². The number of amides is 1. The maximum absolute atomic E-state index is 13.9. The number of nitrogens with one attached hydrogen (secondary N) is 1. The number of carbonyl (C=O) groups is 1. The van der Waals surface area contributed by atoms with Crippen LogP contribution in [-0.2, 0) is 33.4 Å². The molecule has 1 aliphatic carbocycles. The van der Waals surface area contributed by atoms with E-state index in [2.05, 4.69) is 16.9 Å². The summed E-state index contributed by atoms with van der Waals surface area (Å²) < 4.78 is 51.2. The number of fused-ring (bicyclic) bond motifs is 1. The number of rotatable bonds is 8. The van der Waals surface area contributed by atoms with Crippen LogP contribution in [-0.4, -0.2) is 79.7 Å². The van der Waals surface area contributed by atoms with Gasteiger partial charge in [0, 0.05) is 69.2 Å². The normalized spacial score (nSPS) is 24.7. The highest BCUT2D eigenvalue weighted by atomic mass is 19.4. The molecule has 0 unspecified atom stereocenters. The van der Waals surface area contributed by atoms with Crippen LogP contribution in [0.15, 0.2) is 46.7 Å². The van der Waals surface area contributed by atoms with E-state index in [0.717, 1.165) is 43.7 Å². The van der Waals surface area contributed by atoms with E-state index in [4.69, 9.17) is 15.2 Å². The van der Waals surface area contributed by atoms with Gasteiger partial charge in [-0.05, 0) is 68.7 Å². The van der Waals surface area contributed by atoms with Crippen LogP contribution < -0.4 is 11.1 Å². The Kier molecular flexibility index (Phi) is 9.29. The topological polar surface area (TPSA) is 92.4 Å². The van der Waals surface area contributed by atoms with E-state index in [1.807, 2.05) is 16.7 Å². The van der Waals surface area contributed by atoms with E-state index in [9.17, 15) is 18.0 Å². The molecule has 0 aromatic heterocycles. The minimum absolute atomic E-state index is 0.0168. The Labute approximate surface area is 245 Å². The largest absolute Gasteiger partial charge is 0.416 e. The fraction of sp³-hybridized carbons (Fsp3) is 0.613. The van der Waals surface area contributed by atoms with Crippen LogP contribution in [0.3, 0.4) is 0 Å². The van der Waals surface area contributed by atoms with Gasteiger partial charge in [0.2, 0.25) is 0 Å². The molecule has 0 bridgehead atoms. The molecule has 3 N–H and O–H groups in total. The highest BCUT2D eigenvalue weighted by molar-refractivity contribution is 5.98. The fourth-order valence-corrected chi connectivity index (χ4v) is 6.07. The van der Waals surface area contributed by atoms with Crippen LogP contribution in [0, 0.1) is 5.92 Å². The SMILES string of the molecule is C=C(/C(C)=C(\N=C(/N)C1CC1)C(=O)N1CCC(N[C@H]2CCOC[C@H]2OC)CC1)N1CCc2ccc(C(F)(F)F)cc2C1. The van der Waals surface area contributed by atoms with Gasteiger partial charge in [0.15, 0.2) is 0 Å². The van der Waals surface area contributed by atoms with Crippen LogP contribution in [0.1, 0.15) is 55.7 Å². The van der Waals surface area contributed by atoms with Crippen molar-refractivity contribution in [1.29, 1.82) is 0 Å². The molecule has 3 fully saturated rings. The number of piperidine rings is 1. The number of nitrogens with two attached hydrogens (primary N) is 1. The van der Waals surface area contributed by atoms with Gasteiger partial charge in [0.1, 0.15) is 11.5 Å².